The van der Waals surface area contributed by atoms with E-state index < -0.39 is 30.1 Å². The molecule has 1 aliphatic heterocycles. The van der Waals surface area contributed by atoms with E-state index in [1.165, 1.54) is 0 Å². The third kappa shape index (κ3) is 3.86. The Balaban J connectivity index is 2.36. The van der Waals surface area contributed by atoms with Gasteiger partial charge >= 0.3 is 5.97 Å². The Hall–Kier alpha value is -1.92. The van der Waals surface area contributed by atoms with E-state index in [1.807, 2.05) is 6.92 Å². The largest absolute Gasteiger partial charge is 0.356 e. The van der Waals surface area contributed by atoms with Gasteiger partial charge in [0.05, 0.1) is 0 Å². The van der Waals surface area contributed by atoms with Crippen LogP contribution in [0.2, 0.25) is 0 Å². The molecule has 0 aromatic rings. The van der Waals surface area contributed by atoms with Gasteiger partial charge < -0.3 is 10.2 Å². The van der Waals surface area contributed by atoms with Crippen LogP contribution >= 0.6 is 0 Å². The highest BCUT2D eigenvalue weighted by Gasteiger charge is 2.33. The first-order valence-corrected chi connectivity index (χ1v) is 5.38. The molecule has 0 aromatic carbocycles. The Morgan fingerprint density at radius 1 is 1.29 bits per heavy atom. The predicted molar refractivity (Wildman–Crippen MR) is 55.1 cm³/mol. The van der Waals surface area contributed by atoms with Crippen molar-refractivity contribution in [3.8, 4) is 0 Å². The summed E-state index contributed by atoms with van der Waals surface area (Å²) in [5.41, 5.74) is 0. The average Bonchev–Trinajstić information content (AvgIpc) is 2.58. The molecule has 1 aliphatic rings. The number of carbonyl (C=O) groups excluding carboxylic acids is 4. The molecule has 0 saturated carbocycles. The van der Waals surface area contributed by atoms with E-state index in [0.29, 0.717) is 11.6 Å². The highest BCUT2D eigenvalue weighted by Crippen LogP contribution is 2.12. The van der Waals surface area contributed by atoms with Gasteiger partial charge in [-0.25, -0.2) is 4.79 Å². The third-order valence-electron chi connectivity index (χ3n) is 2.08. The van der Waals surface area contributed by atoms with Gasteiger partial charge in [0.2, 0.25) is 5.91 Å². The highest BCUT2D eigenvalue weighted by atomic mass is 16.7. The summed E-state index contributed by atoms with van der Waals surface area (Å²) in [6, 6.07) is 0. The number of hydroxylamine groups is 2. The summed E-state index contributed by atoms with van der Waals surface area (Å²) in [6.45, 7) is 2.34. The number of amides is 3. The molecule has 7 nitrogen and oxygen atoms in total. The van der Waals surface area contributed by atoms with Gasteiger partial charge in [0.25, 0.3) is 11.8 Å². The lowest BCUT2D eigenvalue weighted by Gasteiger charge is -2.12. The zero-order valence-electron chi connectivity index (χ0n) is 9.52. The number of nitrogens with one attached hydrogen (secondary N) is 1. The average molecular weight is 242 g/mol. The molecule has 1 fully saturated rings. The Labute approximate surface area is 98.0 Å². The zero-order chi connectivity index (χ0) is 12.8. The van der Waals surface area contributed by atoms with Crippen molar-refractivity contribution in [3.63, 3.8) is 0 Å². The standard InChI is InChI=1S/C10H14N2O5/c1-2-5-11-7(13)6-10(16)17-12-8(14)3-4-9(12)15/h2-6H2,1H3,(H,11,13). The van der Waals surface area contributed by atoms with Gasteiger partial charge in [-0.2, -0.15) is 0 Å². The lowest BCUT2D eigenvalue weighted by Crippen LogP contribution is -2.34. The van der Waals surface area contributed by atoms with E-state index >= 15 is 0 Å². The molecule has 0 aromatic heterocycles. The molecule has 0 atom stereocenters. The summed E-state index contributed by atoms with van der Waals surface area (Å²) in [7, 11) is 0. The maximum Gasteiger partial charge on any atom is 0.342 e. The first kappa shape index (κ1) is 13.1. The number of nitrogens with zero attached hydrogens (tertiary/aromatic N) is 1. The first-order chi connectivity index (χ1) is 8.04. The molecular formula is C10H14N2O5. The summed E-state index contributed by atoms with van der Waals surface area (Å²) in [5.74, 6) is -2.52. The molecule has 17 heavy (non-hydrogen) atoms. The monoisotopic (exact) mass is 242 g/mol. The first-order valence-electron chi connectivity index (χ1n) is 5.38. The maximum atomic E-state index is 11.2. The van der Waals surface area contributed by atoms with E-state index in [0.717, 1.165) is 6.42 Å². The van der Waals surface area contributed by atoms with Crippen LogP contribution in [0.5, 0.6) is 0 Å². The van der Waals surface area contributed by atoms with E-state index in [2.05, 4.69) is 10.2 Å². The van der Waals surface area contributed by atoms with Crippen LogP contribution in [0.4, 0.5) is 0 Å². The summed E-state index contributed by atoms with van der Waals surface area (Å²) in [5, 5.41) is 2.91. The van der Waals surface area contributed by atoms with Gasteiger partial charge in [-0.1, -0.05) is 6.92 Å². The summed E-state index contributed by atoms with van der Waals surface area (Å²) in [6.07, 6.45) is 0.323. The van der Waals surface area contributed by atoms with Crippen LogP contribution in [0.3, 0.4) is 0 Å². The van der Waals surface area contributed by atoms with Gasteiger partial charge in [0.15, 0.2) is 0 Å². The normalized spacial score (nSPS) is 15.0. The number of imide groups is 1. The van der Waals surface area contributed by atoms with Crippen molar-refractivity contribution in [1.82, 2.24) is 10.4 Å². The van der Waals surface area contributed by atoms with Crippen molar-refractivity contribution in [2.24, 2.45) is 0 Å². The van der Waals surface area contributed by atoms with Crippen molar-refractivity contribution in [1.29, 1.82) is 0 Å². The zero-order valence-corrected chi connectivity index (χ0v) is 9.52. The second-order valence-corrected chi connectivity index (χ2v) is 3.57. The lowest BCUT2D eigenvalue weighted by molar-refractivity contribution is -0.197. The number of carbonyl (C=O) groups is 4. The van der Waals surface area contributed by atoms with Gasteiger partial charge in [-0.05, 0) is 6.42 Å². The minimum Gasteiger partial charge on any atom is -0.356 e. The fourth-order valence-corrected chi connectivity index (χ4v) is 1.25. The highest BCUT2D eigenvalue weighted by molar-refractivity contribution is 6.02. The van der Waals surface area contributed by atoms with E-state index in [-0.39, 0.29) is 12.8 Å². The predicted octanol–water partition coefficient (Wildman–Crippen LogP) is -0.490. The molecule has 0 spiro atoms. The third-order valence-corrected chi connectivity index (χ3v) is 2.08. The van der Waals surface area contributed by atoms with Crippen LogP contribution in [0.15, 0.2) is 0 Å². The maximum absolute atomic E-state index is 11.2. The SMILES string of the molecule is CCCNC(=O)CC(=O)ON1C(=O)CCC1=O. The molecule has 0 unspecified atom stereocenters. The quantitative estimate of drug-likeness (QED) is 0.518. The van der Waals surface area contributed by atoms with E-state index in [1.54, 1.807) is 0 Å². The van der Waals surface area contributed by atoms with Gasteiger partial charge in [-0.3, -0.25) is 14.4 Å². The fraction of sp³-hybridized carbons (Fsp3) is 0.600. The van der Waals surface area contributed by atoms with Crippen LogP contribution in [0.1, 0.15) is 32.6 Å². The van der Waals surface area contributed by atoms with Crippen molar-refractivity contribution in [2.75, 3.05) is 6.54 Å². The second kappa shape index (κ2) is 5.97. The van der Waals surface area contributed by atoms with Crippen LogP contribution in [0, 0.1) is 0 Å². The minimum atomic E-state index is -0.915. The van der Waals surface area contributed by atoms with Crippen molar-refractivity contribution in [2.45, 2.75) is 32.6 Å². The van der Waals surface area contributed by atoms with Crippen molar-refractivity contribution in [3.05, 3.63) is 0 Å². The summed E-state index contributed by atoms with van der Waals surface area (Å²) in [4.78, 5) is 49.1. The van der Waals surface area contributed by atoms with Crippen LogP contribution < -0.4 is 5.32 Å². The molecule has 1 N–H and O–H groups in total. The second-order valence-electron chi connectivity index (χ2n) is 3.57. The van der Waals surface area contributed by atoms with Crippen LogP contribution in [-0.2, 0) is 24.0 Å². The van der Waals surface area contributed by atoms with Crippen molar-refractivity contribution < 1.29 is 24.0 Å². The molecule has 1 rings (SSSR count). The Morgan fingerprint density at radius 2 is 1.88 bits per heavy atom. The van der Waals surface area contributed by atoms with Crippen LogP contribution in [-0.4, -0.2) is 35.3 Å². The molecule has 3 amide bonds. The molecule has 1 saturated heterocycles. The molecule has 0 aliphatic carbocycles. The molecule has 94 valence electrons. The number of hydrogen-bond donors (Lipinski definition) is 1. The number of hydrogen-bond acceptors (Lipinski definition) is 5. The molecule has 1 heterocycles. The minimum absolute atomic E-state index is 0.0359. The summed E-state index contributed by atoms with van der Waals surface area (Å²) >= 11 is 0. The Kier molecular flexibility index (Phi) is 4.62. The summed E-state index contributed by atoms with van der Waals surface area (Å²) < 4.78 is 0. The van der Waals surface area contributed by atoms with Gasteiger partial charge in [0.1, 0.15) is 6.42 Å². The van der Waals surface area contributed by atoms with Crippen LogP contribution in [0.25, 0.3) is 0 Å². The lowest BCUT2D eigenvalue weighted by atomic mass is 10.4. The molecule has 0 radical (unpaired) electrons. The van der Waals surface area contributed by atoms with E-state index in [4.69, 9.17) is 0 Å². The Bertz CT molecular complexity index is 337. The van der Waals surface area contributed by atoms with Gasteiger partial charge in [-0.15, -0.1) is 5.06 Å². The molecular weight excluding hydrogens is 228 g/mol. The Morgan fingerprint density at radius 3 is 2.41 bits per heavy atom. The fourth-order valence-electron chi connectivity index (χ4n) is 1.25. The smallest absolute Gasteiger partial charge is 0.342 e. The number of rotatable bonds is 5. The van der Waals surface area contributed by atoms with Gasteiger partial charge in [0, 0.05) is 19.4 Å². The van der Waals surface area contributed by atoms with E-state index in [9.17, 15) is 19.2 Å². The molecule has 7 heteroatoms. The van der Waals surface area contributed by atoms with Crippen molar-refractivity contribution >= 4 is 23.7 Å². The molecule has 0 bridgehead atoms. The topological polar surface area (TPSA) is 92.8 Å².